The second-order valence-electron chi connectivity index (χ2n) is 3.82. The molecule has 0 saturated carbocycles. The second-order valence-corrected chi connectivity index (χ2v) is 4.22. The zero-order chi connectivity index (χ0) is 15.0. The van der Waals surface area contributed by atoms with Crippen LogP contribution in [0.1, 0.15) is 13.3 Å². The van der Waals surface area contributed by atoms with Gasteiger partial charge >= 0.3 is 5.97 Å². The van der Waals surface area contributed by atoms with E-state index < -0.39 is 11.9 Å². The molecule has 0 unspecified atom stereocenters. The predicted molar refractivity (Wildman–Crippen MR) is 77.0 cm³/mol. The molecule has 5 nitrogen and oxygen atoms in total. The van der Waals surface area contributed by atoms with Crippen LogP contribution in [0.4, 0.5) is 5.69 Å². The van der Waals surface area contributed by atoms with Gasteiger partial charge in [0.25, 0.3) is 5.91 Å². The SMILES string of the molecule is CC/C=C/C(=O)OCC(=O)Nc1ccc(OC)c(Cl)c1. The number of rotatable bonds is 6. The molecule has 1 amide bonds. The van der Waals surface area contributed by atoms with Gasteiger partial charge < -0.3 is 14.8 Å². The van der Waals surface area contributed by atoms with E-state index in [2.05, 4.69) is 5.32 Å². The first-order valence-electron chi connectivity index (χ1n) is 6.03. The summed E-state index contributed by atoms with van der Waals surface area (Å²) in [5.41, 5.74) is 0.501. The summed E-state index contributed by atoms with van der Waals surface area (Å²) in [6.07, 6.45) is 3.67. The molecule has 0 saturated heterocycles. The number of hydrogen-bond acceptors (Lipinski definition) is 4. The number of halogens is 1. The van der Waals surface area contributed by atoms with Crippen molar-refractivity contribution < 1.29 is 19.1 Å². The van der Waals surface area contributed by atoms with E-state index >= 15 is 0 Å². The highest BCUT2D eigenvalue weighted by Crippen LogP contribution is 2.27. The van der Waals surface area contributed by atoms with Crippen LogP contribution in [0, 0.1) is 0 Å². The van der Waals surface area contributed by atoms with Crippen LogP contribution >= 0.6 is 11.6 Å². The first-order valence-corrected chi connectivity index (χ1v) is 6.41. The van der Waals surface area contributed by atoms with Crippen LogP contribution in [0.3, 0.4) is 0 Å². The average molecular weight is 298 g/mol. The molecule has 1 aromatic carbocycles. The Hall–Kier alpha value is -2.01. The fourth-order valence-corrected chi connectivity index (χ4v) is 1.60. The molecular weight excluding hydrogens is 282 g/mol. The van der Waals surface area contributed by atoms with Crippen molar-refractivity contribution in [2.45, 2.75) is 13.3 Å². The lowest BCUT2D eigenvalue weighted by Gasteiger charge is -2.08. The normalized spacial score (nSPS) is 10.3. The van der Waals surface area contributed by atoms with E-state index in [1.54, 1.807) is 24.3 Å². The first kappa shape index (κ1) is 16.0. The lowest BCUT2D eigenvalue weighted by molar-refractivity contribution is -0.142. The zero-order valence-corrected chi connectivity index (χ0v) is 12.1. The summed E-state index contributed by atoms with van der Waals surface area (Å²) < 4.78 is 9.76. The summed E-state index contributed by atoms with van der Waals surface area (Å²) in [6.45, 7) is 1.54. The molecule has 0 heterocycles. The number of nitrogens with one attached hydrogen (secondary N) is 1. The van der Waals surface area contributed by atoms with Gasteiger partial charge in [0.1, 0.15) is 5.75 Å². The van der Waals surface area contributed by atoms with Crippen molar-refractivity contribution in [1.29, 1.82) is 0 Å². The topological polar surface area (TPSA) is 64.6 Å². The van der Waals surface area contributed by atoms with Crippen LogP contribution in [-0.4, -0.2) is 25.6 Å². The Morgan fingerprint density at radius 1 is 1.40 bits per heavy atom. The smallest absolute Gasteiger partial charge is 0.330 e. The molecule has 0 aliphatic heterocycles. The Morgan fingerprint density at radius 2 is 2.15 bits per heavy atom. The number of benzene rings is 1. The lowest BCUT2D eigenvalue weighted by atomic mass is 10.3. The van der Waals surface area contributed by atoms with Gasteiger partial charge in [0.15, 0.2) is 6.61 Å². The highest BCUT2D eigenvalue weighted by atomic mass is 35.5. The number of amides is 1. The van der Waals surface area contributed by atoms with Crippen molar-refractivity contribution in [3.8, 4) is 5.75 Å². The quantitative estimate of drug-likeness (QED) is 0.648. The molecule has 108 valence electrons. The molecule has 0 fully saturated rings. The fourth-order valence-electron chi connectivity index (χ4n) is 1.34. The number of allylic oxidation sites excluding steroid dienone is 1. The first-order chi connectivity index (χ1) is 9.56. The van der Waals surface area contributed by atoms with E-state index in [-0.39, 0.29) is 6.61 Å². The number of methoxy groups -OCH3 is 1. The Kier molecular flexibility index (Phi) is 6.59. The number of carbonyl (C=O) groups excluding carboxylic acids is 2. The van der Waals surface area contributed by atoms with Crippen LogP contribution in [0.15, 0.2) is 30.4 Å². The molecule has 1 N–H and O–H groups in total. The Morgan fingerprint density at radius 3 is 2.75 bits per heavy atom. The van der Waals surface area contributed by atoms with Gasteiger partial charge in [0.2, 0.25) is 0 Å². The predicted octanol–water partition coefficient (Wildman–Crippen LogP) is 2.80. The number of esters is 1. The summed E-state index contributed by atoms with van der Waals surface area (Å²) in [7, 11) is 1.50. The zero-order valence-electron chi connectivity index (χ0n) is 11.3. The van der Waals surface area contributed by atoms with Gasteiger partial charge in [-0.3, -0.25) is 4.79 Å². The largest absolute Gasteiger partial charge is 0.495 e. The molecule has 0 aromatic heterocycles. The maximum absolute atomic E-state index is 11.6. The van der Waals surface area contributed by atoms with Crippen LogP contribution in [0.5, 0.6) is 5.75 Å². The van der Waals surface area contributed by atoms with E-state index in [4.69, 9.17) is 21.1 Å². The minimum absolute atomic E-state index is 0.351. The highest BCUT2D eigenvalue weighted by Gasteiger charge is 2.07. The Labute approximate surface area is 122 Å². The van der Waals surface area contributed by atoms with Crippen molar-refractivity contribution in [1.82, 2.24) is 0 Å². The fraction of sp³-hybridized carbons (Fsp3) is 0.286. The minimum atomic E-state index is -0.547. The summed E-state index contributed by atoms with van der Waals surface area (Å²) in [5.74, 6) is -0.472. The van der Waals surface area contributed by atoms with Crippen LogP contribution in [0.25, 0.3) is 0 Å². The molecule has 0 radical (unpaired) electrons. The second kappa shape index (κ2) is 8.22. The van der Waals surface area contributed by atoms with E-state index in [1.165, 1.54) is 13.2 Å². The van der Waals surface area contributed by atoms with Gasteiger partial charge in [-0.2, -0.15) is 0 Å². The summed E-state index contributed by atoms with van der Waals surface area (Å²) in [5, 5.41) is 2.95. The van der Waals surface area contributed by atoms with E-state index in [9.17, 15) is 9.59 Å². The maximum atomic E-state index is 11.6. The minimum Gasteiger partial charge on any atom is -0.495 e. The standard InChI is InChI=1S/C14H16ClNO4/c1-3-4-5-14(18)20-9-13(17)16-10-6-7-12(19-2)11(15)8-10/h4-8H,3,9H2,1-2H3,(H,16,17)/b5-4+. The molecule has 1 rings (SSSR count). The number of ether oxygens (including phenoxy) is 2. The Balaban J connectivity index is 2.48. The number of anilines is 1. The van der Waals surface area contributed by atoms with Gasteiger partial charge in [0.05, 0.1) is 12.1 Å². The van der Waals surface area contributed by atoms with Crippen LogP contribution < -0.4 is 10.1 Å². The van der Waals surface area contributed by atoms with Crippen LogP contribution in [-0.2, 0) is 14.3 Å². The molecule has 0 bridgehead atoms. The lowest BCUT2D eigenvalue weighted by Crippen LogP contribution is -2.20. The van der Waals surface area contributed by atoms with Gasteiger partial charge in [-0.15, -0.1) is 0 Å². The van der Waals surface area contributed by atoms with E-state index in [0.29, 0.717) is 16.5 Å². The van der Waals surface area contributed by atoms with Gasteiger partial charge in [0, 0.05) is 11.8 Å². The molecule has 0 atom stereocenters. The maximum Gasteiger partial charge on any atom is 0.330 e. The third-order valence-corrected chi connectivity index (χ3v) is 2.57. The molecule has 0 spiro atoms. The molecule has 20 heavy (non-hydrogen) atoms. The third kappa shape index (κ3) is 5.32. The molecule has 6 heteroatoms. The van der Waals surface area contributed by atoms with Crippen molar-refractivity contribution in [2.24, 2.45) is 0 Å². The van der Waals surface area contributed by atoms with Crippen molar-refractivity contribution in [3.05, 3.63) is 35.4 Å². The molecule has 1 aromatic rings. The van der Waals surface area contributed by atoms with Crippen molar-refractivity contribution in [3.63, 3.8) is 0 Å². The van der Waals surface area contributed by atoms with Gasteiger partial charge in [-0.25, -0.2) is 4.79 Å². The third-order valence-electron chi connectivity index (χ3n) is 2.27. The highest BCUT2D eigenvalue weighted by molar-refractivity contribution is 6.32. The van der Waals surface area contributed by atoms with Crippen molar-refractivity contribution in [2.75, 3.05) is 19.0 Å². The monoisotopic (exact) mass is 297 g/mol. The molecular formula is C14H16ClNO4. The summed E-state index contributed by atoms with van der Waals surface area (Å²) in [4.78, 5) is 22.7. The summed E-state index contributed by atoms with van der Waals surface area (Å²) in [6, 6.07) is 4.83. The molecule has 0 aliphatic carbocycles. The van der Waals surface area contributed by atoms with Gasteiger partial charge in [-0.1, -0.05) is 24.6 Å². The van der Waals surface area contributed by atoms with Crippen LogP contribution in [0.2, 0.25) is 5.02 Å². The molecule has 0 aliphatic rings. The van der Waals surface area contributed by atoms with Crippen molar-refractivity contribution >= 4 is 29.2 Å². The van der Waals surface area contributed by atoms with E-state index in [0.717, 1.165) is 6.42 Å². The number of carbonyl (C=O) groups is 2. The van der Waals surface area contributed by atoms with Gasteiger partial charge in [-0.05, 0) is 24.6 Å². The summed E-state index contributed by atoms with van der Waals surface area (Å²) >= 11 is 5.93. The Bertz CT molecular complexity index is 514. The average Bonchev–Trinajstić information content (AvgIpc) is 2.43. The van der Waals surface area contributed by atoms with E-state index in [1.807, 2.05) is 6.92 Å². The number of hydrogen-bond donors (Lipinski definition) is 1.